The van der Waals surface area contributed by atoms with Crippen molar-refractivity contribution in [2.24, 2.45) is 0 Å². The number of sulfone groups is 1. The third-order valence-corrected chi connectivity index (χ3v) is 7.32. The smallest absolute Gasteiger partial charge is 0.420 e. The molecule has 13 heteroatoms. The molecule has 1 aliphatic rings. The molecule has 1 aromatic carbocycles. The molecule has 1 atom stereocenters. The first-order chi connectivity index (χ1) is 14.5. The summed E-state index contributed by atoms with van der Waals surface area (Å²) in [7, 11) is -3.30. The number of benzene rings is 1. The lowest BCUT2D eigenvalue weighted by Crippen LogP contribution is -2.43. The Bertz CT molecular complexity index is 1070. The standard InChI is InChI=1S/C18H17F3N2O6S2/c19-18(20,21)15-8-12(23(25)26)3-4-16(15)29-10-17(24)22(9-14-2-1-6-30-14)13-5-7-31(27,28)11-13/h1-4,6,8,13H,5,7,9-11H2. The summed E-state index contributed by atoms with van der Waals surface area (Å²) in [5, 5.41) is 12.6. The van der Waals surface area contributed by atoms with Crippen LogP contribution in [0.2, 0.25) is 0 Å². The Morgan fingerprint density at radius 1 is 1.32 bits per heavy atom. The largest absolute Gasteiger partial charge is 0.483 e. The van der Waals surface area contributed by atoms with Crippen molar-refractivity contribution in [2.45, 2.75) is 25.2 Å². The molecule has 0 radical (unpaired) electrons. The number of hydrogen-bond acceptors (Lipinski definition) is 7. The van der Waals surface area contributed by atoms with E-state index in [1.807, 2.05) is 0 Å². The van der Waals surface area contributed by atoms with Crippen molar-refractivity contribution in [1.82, 2.24) is 4.90 Å². The Morgan fingerprint density at radius 3 is 2.61 bits per heavy atom. The number of nitro groups is 1. The third kappa shape index (κ3) is 5.73. The van der Waals surface area contributed by atoms with Crippen molar-refractivity contribution in [3.8, 4) is 5.75 Å². The maximum Gasteiger partial charge on any atom is 0.420 e. The average Bonchev–Trinajstić information content (AvgIpc) is 3.32. The van der Waals surface area contributed by atoms with Crippen LogP contribution in [0.3, 0.4) is 0 Å². The monoisotopic (exact) mass is 478 g/mol. The third-order valence-electron chi connectivity index (χ3n) is 4.71. The number of rotatable bonds is 7. The molecule has 1 aliphatic heterocycles. The van der Waals surface area contributed by atoms with E-state index in [0.717, 1.165) is 17.0 Å². The van der Waals surface area contributed by atoms with E-state index in [-0.39, 0.29) is 24.5 Å². The molecule has 8 nitrogen and oxygen atoms in total. The fraction of sp³-hybridized carbons (Fsp3) is 0.389. The summed E-state index contributed by atoms with van der Waals surface area (Å²) in [5.74, 6) is -1.70. The Balaban J connectivity index is 1.80. The van der Waals surface area contributed by atoms with Gasteiger partial charge in [0, 0.05) is 23.1 Å². The topological polar surface area (TPSA) is 107 Å². The van der Waals surface area contributed by atoms with Gasteiger partial charge in [-0.15, -0.1) is 11.3 Å². The molecule has 1 aromatic heterocycles. The second-order valence-corrected chi connectivity index (χ2v) is 10.1. The number of nitro benzene ring substituents is 1. The van der Waals surface area contributed by atoms with Crippen LogP contribution in [0.4, 0.5) is 18.9 Å². The molecule has 1 unspecified atom stereocenters. The zero-order valence-electron chi connectivity index (χ0n) is 15.9. The Hall–Kier alpha value is -2.67. The molecule has 0 saturated carbocycles. The first-order valence-corrected chi connectivity index (χ1v) is 11.7. The van der Waals surface area contributed by atoms with Gasteiger partial charge in [0.1, 0.15) is 11.3 Å². The molecular weight excluding hydrogens is 461 g/mol. The first kappa shape index (κ1) is 23.0. The van der Waals surface area contributed by atoms with Crippen LogP contribution in [-0.4, -0.2) is 48.3 Å². The lowest BCUT2D eigenvalue weighted by atomic mass is 10.1. The minimum absolute atomic E-state index is 0.0761. The van der Waals surface area contributed by atoms with Gasteiger partial charge in [-0.3, -0.25) is 14.9 Å². The summed E-state index contributed by atoms with van der Waals surface area (Å²) in [6.07, 6.45) is -4.70. The zero-order chi connectivity index (χ0) is 22.8. The number of carbonyl (C=O) groups excluding carboxylic acids is 1. The summed E-state index contributed by atoms with van der Waals surface area (Å²) in [6, 6.07) is 4.89. The fourth-order valence-corrected chi connectivity index (χ4v) is 5.65. The van der Waals surface area contributed by atoms with Gasteiger partial charge in [0.2, 0.25) is 0 Å². The second-order valence-electron chi connectivity index (χ2n) is 6.88. The summed E-state index contributed by atoms with van der Waals surface area (Å²) in [4.78, 5) is 24.7. The van der Waals surface area contributed by atoms with E-state index in [2.05, 4.69) is 0 Å². The molecule has 2 aromatic rings. The molecule has 1 saturated heterocycles. The molecule has 1 amide bonds. The van der Waals surface area contributed by atoms with Crippen LogP contribution in [-0.2, 0) is 27.4 Å². The van der Waals surface area contributed by atoms with Crippen molar-refractivity contribution >= 4 is 32.8 Å². The highest BCUT2D eigenvalue weighted by molar-refractivity contribution is 7.91. The number of thiophene rings is 1. The molecule has 3 rings (SSSR count). The predicted octanol–water partition coefficient (Wildman–Crippen LogP) is 3.27. The van der Waals surface area contributed by atoms with Crippen LogP contribution in [0.5, 0.6) is 5.75 Å². The number of alkyl halides is 3. The number of hydrogen-bond donors (Lipinski definition) is 0. The number of nitrogens with zero attached hydrogens (tertiary/aromatic N) is 2. The minimum atomic E-state index is -4.93. The molecule has 168 valence electrons. The molecule has 1 fully saturated rings. The number of carbonyl (C=O) groups is 1. The SMILES string of the molecule is O=C(COc1ccc([N+](=O)[O-])cc1C(F)(F)F)N(Cc1cccs1)C1CCS(=O)(=O)C1. The molecule has 2 heterocycles. The maximum atomic E-state index is 13.3. The van der Waals surface area contributed by atoms with Crippen LogP contribution < -0.4 is 4.74 Å². The number of amides is 1. The second kappa shape index (κ2) is 8.83. The summed E-state index contributed by atoms with van der Waals surface area (Å²) >= 11 is 1.36. The predicted molar refractivity (Wildman–Crippen MR) is 106 cm³/mol. The van der Waals surface area contributed by atoms with Gasteiger partial charge >= 0.3 is 6.18 Å². The zero-order valence-corrected chi connectivity index (χ0v) is 17.5. The highest BCUT2D eigenvalue weighted by atomic mass is 32.2. The number of halogens is 3. The highest BCUT2D eigenvalue weighted by Gasteiger charge is 2.38. The summed E-state index contributed by atoms with van der Waals surface area (Å²) in [6.45, 7) is -0.671. The van der Waals surface area contributed by atoms with Crippen LogP contribution >= 0.6 is 11.3 Å². The van der Waals surface area contributed by atoms with E-state index in [1.54, 1.807) is 17.5 Å². The molecule has 31 heavy (non-hydrogen) atoms. The van der Waals surface area contributed by atoms with E-state index in [4.69, 9.17) is 4.74 Å². The van der Waals surface area contributed by atoms with E-state index in [9.17, 15) is 36.5 Å². The summed E-state index contributed by atoms with van der Waals surface area (Å²) in [5.41, 5.74) is -2.13. The first-order valence-electron chi connectivity index (χ1n) is 8.97. The number of non-ortho nitro benzene ring substituents is 1. The van der Waals surface area contributed by atoms with Crippen molar-refractivity contribution in [3.63, 3.8) is 0 Å². The van der Waals surface area contributed by atoms with Gasteiger partial charge < -0.3 is 9.64 Å². The molecular formula is C18H17F3N2O6S2. The minimum Gasteiger partial charge on any atom is -0.483 e. The lowest BCUT2D eigenvalue weighted by Gasteiger charge is -2.28. The van der Waals surface area contributed by atoms with Gasteiger partial charge in [0.05, 0.1) is 23.0 Å². The molecule has 0 aliphatic carbocycles. The van der Waals surface area contributed by atoms with Gasteiger partial charge in [0.25, 0.3) is 11.6 Å². The van der Waals surface area contributed by atoms with Crippen molar-refractivity contribution in [3.05, 3.63) is 56.3 Å². The van der Waals surface area contributed by atoms with E-state index in [1.165, 1.54) is 16.2 Å². The Morgan fingerprint density at radius 2 is 2.06 bits per heavy atom. The van der Waals surface area contributed by atoms with Gasteiger partial charge in [-0.05, 0) is 23.9 Å². The fourth-order valence-electron chi connectivity index (χ4n) is 3.21. The van der Waals surface area contributed by atoms with Crippen LogP contribution in [0.15, 0.2) is 35.7 Å². The van der Waals surface area contributed by atoms with E-state index < -0.39 is 56.5 Å². The highest BCUT2D eigenvalue weighted by Crippen LogP contribution is 2.38. The van der Waals surface area contributed by atoms with Gasteiger partial charge in [-0.1, -0.05) is 6.07 Å². The van der Waals surface area contributed by atoms with Crippen molar-refractivity contribution in [1.29, 1.82) is 0 Å². The maximum absolute atomic E-state index is 13.3. The average molecular weight is 478 g/mol. The quantitative estimate of drug-likeness (QED) is 0.447. The van der Waals surface area contributed by atoms with Gasteiger partial charge in [0.15, 0.2) is 16.4 Å². The molecule has 0 bridgehead atoms. The van der Waals surface area contributed by atoms with Crippen molar-refractivity contribution in [2.75, 3.05) is 18.1 Å². The normalized spacial score (nSPS) is 18.0. The Kier molecular flexibility index (Phi) is 6.55. The Labute approximate surface area is 179 Å². The van der Waals surface area contributed by atoms with Gasteiger partial charge in [-0.2, -0.15) is 13.2 Å². The van der Waals surface area contributed by atoms with Crippen LogP contribution in [0, 0.1) is 10.1 Å². The van der Waals surface area contributed by atoms with E-state index in [0.29, 0.717) is 6.07 Å². The van der Waals surface area contributed by atoms with Crippen LogP contribution in [0.1, 0.15) is 16.9 Å². The van der Waals surface area contributed by atoms with E-state index >= 15 is 0 Å². The molecule has 0 spiro atoms. The molecule has 0 N–H and O–H groups in total. The number of ether oxygens (including phenoxy) is 1. The van der Waals surface area contributed by atoms with Crippen molar-refractivity contribution < 1.29 is 36.0 Å². The lowest BCUT2D eigenvalue weighted by molar-refractivity contribution is -0.385. The summed E-state index contributed by atoms with van der Waals surface area (Å²) < 4.78 is 68.7. The van der Waals surface area contributed by atoms with Gasteiger partial charge in [-0.25, -0.2) is 8.42 Å². The van der Waals surface area contributed by atoms with Crippen LogP contribution in [0.25, 0.3) is 0 Å².